The lowest BCUT2D eigenvalue weighted by Gasteiger charge is -2.26. The van der Waals surface area contributed by atoms with E-state index in [-0.39, 0.29) is 5.43 Å². The molecule has 1 aliphatic rings. The van der Waals surface area contributed by atoms with Gasteiger partial charge in [-0.1, -0.05) is 18.2 Å². The first-order valence-corrected chi connectivity index (χ1v) is 8.89. The molecular weight excluding hydrogens is 328 g/mol. The Bertz CT molecular complexity index is 960. The van der Waals surface area contributed by atoms with Crippen LogP contribution < -0.4 is 10.2 Å². The minimum atomic E-state index is 0.0706. The molecule has 0 unspecified atom stereocenters. The van der Waals surface area contributed by atoms with Crippen molar-refractivity contribution < 1.29 is 9.47 Å². The third-order valence-electron chi connectivity index (χ3n) is 4.75. The minimum Gasteiger partial charge on any atom is -0.457 e. The van der Waals surface area contributed by atoms with Crippen LogP contribution in [0.15, 0.2) is 53.3 Å². The minimum absolute atomic E-state index is 0.0706. The summed E-state index contributed by atoms with van der Waals surface area (Å²) in [6, 6.07) is 15.2. The second-order valence-corrected chi connectivity index (χ2v) is 6.57. The van der Waals surface area contributed by atoms with Crippen molar-refractivity contribution in [1.29, 1.82) is 0 Å². The van der Waals surface area contributed by atoms with Gasteiger partial charge in [0.1, 0.15) is 11.5 Å². The van der Waals surface area contributed by atoms with E-state index >= 15 is 0 Å². The van der Waals surface area contributed by atoms with E-state index < -0.39 is 0 Å². The molecule has 1 saturated heterocycles. The molecule has 26 heavy (non-hydrogen) atoms. The lowest BCUT2D eigenvalue weighted by molar-refractivity contribution is 0.0339. The molecule has 1 aliphatic heterocycles. The predicted molar refractivity (Wildman–Crippen MR) is 102 cm³/mol. The summed E-state index contributed by atoms with van der Waals surface area (Å²) in [6.45, 7) is 5.76. The summed E-state index contributed by atoms with van der Waals surface area (Å²) in [5, 5.41) is 0.660. The van der Waals surface area contributed by atoms with Crippen LogP contribution in [0.2, 0.25) is 0 Å². The van der Waals surface area contributed by atoms with Gasteiger partial charge in [-0.05, 0) is 37.3 Å². The molecule has 4 rings (SSSR count). The normalized spacial score (nSPS) is 15.3. The van der Waals surface area contributed by atoms with E-state index in [4.69, 9.17) is 9.47 Å². The highest BCUT2D eigenvalue weighted by Crippen LogP contribution is 2.24. The monoisotopic (exact) mass is 350 g/mol. The molecule has 0 atom stereocenters. The van der Waals surface area contributed by atoms with Crippen molar-refractivity contribution in [3.05, 3.63) is 70.0 Å². The average Bonchev–Trinajstić information content (AvgIpc) is 2.67. The molecular formula is C21H22N2O3. The zero-order valence-electron chi connectivity index (χ0n) is 14.8. The zero-order chi connectivity index (χ0) is 17.9. The summed E-state index contributed by atoms with van der Waals surface area (Å²) in [5.41, 5.74) is 2.64. The van der Waals surface area contributed by atoms with Gasteiger partial charge in [0.2, 0.25) is 0 Å². The fourth-order valence-corrected chi connectivity index (χ4v) is 3.29. The lowest BCUT2D eigenvalue weighted by atomic mass is 10.1. The summed E-state index contributed by atoms with van der Waals surface area (Å²) < 4.78 is 11.3. The highest BCUT2D eigenvalue weighted by molar-refractivity contribution is 5.81. The van der Waals surface area contributed by atoms with Crippen molar-refractivity contribution >= 4 is 10.9 Å². The van der Waals surface area contributed by atoms with Crippen LogP contribution in [0.4, 0.5) is 0 Å². The molecule has 0 saturated carbocycles. The molecule has 2 aromatic carbocycles. The molecule has 1 fully saturated rings. The van der Waals surface area contributed by atoms with E-state index in [0.29, 0.717) is 17.7 Å². The standard InChI is InChI=1S/C21H22N2O3/c1-15-19(14-23-9-11-25-12-10-23)21(24)18-13-17(7-8-20(18)22-15)26-16-5-3-2-4-6-16/h2-8,13H,9-12,14H2,1H3,(H,22,24). The molecule has 5 nitrogen and oxygen atoms in total. The Labute approximate surface area is 152 Å². The summed E-state index contributed by atoms with van der Waals surface area (Å²) in [7, 11) is 0. The first-order valence-electron chi connectivity index (χ1n) is 8.89. The number of aryl methyl sites for hydroxylation is 1. The molecule has 1 aromatic heterocycles. The molecule has 3 aromatic rings. The number of para-hydroxylation sites is 1. The number of fused-ring (bicyclic) bond motifs is 1. The summed E-state index contributed by atoms with van der Waals surface area (Å²) in [5.74, 6) is 1.42. The maximum absolute atomic E-state index is 13.1. The van der Waals surface area contributed by atoms with Crippen LogP contribution in [0.3, 0.4) is 0 Å². The molecule has 134 valence electrons. The number of benzene rings is 2. The maximum atomic E-state index is 13.1. The first-order chi connectivity index (χ1) is 12.7. The molecule has 0 aliphatic carbocycles. The van der Waals surface area contributed by atoms with Gasteiger partial charge in [0.25, 0.3) is 0 Å². The molecule has 5 heteroatoms. The summed E-state index contributed by atoms with van der Waals surface area (Å²) >= 11 is 0. The zero-order valence-corrected chi connectivity index (χ0v) is 14.8. The van der Waals surface area contributed by atoms with Gasteiger partial charge in [0.15, 0.2) is 5.43 Å². The Kier molecular flexibility index (Phi) is 4.73. The van der Waals surface area contributed by atoms with Crippen LogP contribution in [0, 0.1) is 6.92 Å². The number of hydrogen-bond donors (Lipinski definition) is 1. The Morgan fingerprint density at radius 1 is 1.08 bits per heavy atom. The quantitative estimate of drug-likeness (QED) is 0.783. The first kappa shape index (κ1) is 16.8. The third kappa shape index (κ3) is 3.49. The smallest absolute Gasteiger partial charge is 0.194 e. The second kappa shape index (κ2) is 7.32. The van der Waals surface area contributed by atoms with Crippen molar-refractivity contribution in [3.63, 3.8) is 0 Å². The van der Waals surface area contributed by atoms with Crippen LogP contribution in [-0.2, 0) is 11.3 Å². The van der Waals surface area contributed by atoms with E-state index in [1.807, 2.05) is 55.5 Å². The molecule has 0 amide bonds. The second-order valence-electron chi connectivity index (χ2n) is 6.57. The number of aromatic nitrogens is 1. The number of ether oxygens (including phenoxy) is 2. The number of morpholine rings is 1. The number of aromatic amines is 1. The molecule has 2 heterocycles. The van der Waals surface area contributed by atoms with Crippen molar-refractivity contribution in [2.75, 3.05) is 26.3 Å². The number of rotatable bonds is 4. The Hall–Kier alpha value is -2.63. The number of H-pyrrole nitrogens is 1. The molecule has 0 radical (unpaired) electrons. The van der Waals surface area contributed by atoms with Crippen LogP contribution in [0.5, 0.6) is 11.5 Å². The van der Waals surface area contributed by atoms with Crippen LogP contribution in [-0.4, -0.2) is 36.2 Å². The van der Waals surface area contributed by atoms with Gasteiger partial charge < -0.3 is 14.5 Å². The van der Waals surface area contributed by atoms with Gasteiger partial charge in [-0.2, -0.15) is 0 Å². The van der Waals surface area contributed by atoms with E-state index in [2.05, 4.69) is 9.88 Å². The van der Waals surface area contributed by atoms with Gasteiger partial charge in [-0.3, -0.25) is 9.69 Å². The van der Waals surface area contributed by atoms with Crippen LogP contribution >= 0.6 is 0 Å². The number of hydrogen-bond acceptors (Lipinski definition) is 4. The third-order valence-corrected chi connectivity index (χ3v) is 4.75. The van der Waals surface area contributed by atoms with Crippen molar-refractivity contribution in [2.45, 2.75) is 13.5 Å². The predicted octanol–water partition coefficient (Wildman–Crippen LogP) is 3.46. The molecule has 0 bridgehead atoms. The highest BCUT2D eigenvalue weighted by Gasteiger charge is 2.16. The summed E-state index contributed by atoms with van der Waals surface area (Å²) in [6.07, 6.45) is 0. The SMILES string of the molecule is Cc1[nH]c2ccc(Oc3ccccc3)cc2c(=O)c1CN1CCOCC1. The maximum Gasteiger partial charge on any atom is 0.194 e. The van der Waals surface area contributed by atoms with Crippen LogP contribution in [0.1, 0.15) is 11.3 Å². The van der Waals surface area contributed by atoms with Gasteiger partial charge >= 0.3 is 0 Å². The van der Waals surface area contributed by atoms with Gasteiger partial charge in [0, 0.05) is 41.8 Å². The van der Waals surface area contributed by atoms with Gasteiger partial charge in [-0.25, -0.2) is 0 Å². The van der Waals surface area contributed by atoms with Crippen molar-refractivity contribution in [2.24, 2.45) is 0 Å². The Morgan fingerprint density at radius 2 is 1.85 bits per heavy atom. The molecule has 1 N–H and O–H groups in total. The Morgan fingerprint density at radius 3 is 2.62 bits per heavy atom. The fraction of sp³-hybridized carbons (Fsp3) is 0.286. The van der Waals surface area contributed by atoms with Crippen molar-refractivity contribution in [3.8, 4) is 11.5 Å². The van der Waals surface area contributed by atoms with E-state index in [1.165, 1.54) is 0 Å². The highest BCUT2D eigenvalue weighted by atomic mass is 16.5. The number of pyridine rings is 1. The molecule has 0 spiro atoms. The number of nitrogens with one attached hydrogen (secondary N) is 1. The van der Waals surface area contributed by atoms with Crippen molar-refractivity contribution in [1.82, 2.24) is 9.88 Å². The number of nitrogens with zero attached hydrogens (tertiary/aromatic N) is 1. The van der Waals surface area contributed by atoms with E-state index in [0.717, 1.165) is 48.8 Å². The van der Waals surface area contributed by atoms with Gasteiger partial charge in [0.05, 0.1) is 13.2 Å². The van der Waals surface area contributed by atoms with E-state index in [9.17, 15) is 4.79 Å². The van der Waals surface area contributed by atoms with Gasteiger partial charge in [-0.15, -0.1) is 0 Å². The summed E-state index contributed by atoms with van der Waals surface area (Å²) in [4.78, 5) is 18.7. The average molecular weight is 350 g/mol. The van der Waals surface area contributed by atoms with Crippen LogP contribution in [0.25, 0.3) is 10.9 Å². The topological polar surface area (TPSA) is 54.6 Å². The Balaban J connectivity index is 1.68. The fourth-order valence-electron chi connectivity index (χ4n) is 3.29. The van der Waals surface area contributed by atoms with E-state index in [1.54, 1.807) is 0 Å². The lowest BCUT2D eigenvalue weighted by Crippen LogP contribution is -2.37. The largest absolute Gasteiger partial charge is 0.457 e.